The molecule has 2 N–H and O–H groups in total. The molecular formula is C14H18N2O4. The van der Waals surface area contributed by atoms with Crippen molar-refractivity contribution in [3.63, 3.8) is 0 Å². The molecule has 1 aromatic rings. The zero-order valence-corrected chi connectivity index (χ0v) is 11.8. The second-order valence-electron chi connectivity index (χ2n) is 5.55. The maximum Gasteiger partial charge on any atom is 0.243 e. The van der Waals surface area contributed by atoms with Crippen LogP contribution in [0, 0.1) is 5.41 Å². The average Bonchev–Trinajstić information content (AvgIpc) is 2.82. The lowest BCUT2D eigenvalue weighted by atomic mass is 9.96. The molecule has 108 valence electrons. The summed E-state index contributed by atoms with van der Waals surface area (Å²) in [5.41, 5.74) is 0.0863. The van der Waals surface area contributed by atoms with Crippen molar-refractivity contribution >= 4 is 17.5 Å². The van der Waals surface area contributed by atoms with Crippen LogP contribution in [-0.4, -0.2) is 25.2 Å². The molecule has 0 bridgehead atoms. The van der Waals surface area contributed by atoms with Crippen LogP contribution < -0.4 is 20.1 Å². The van der Waals surface area contributed by atoms with Gasteiger partial charge in [-0.25, -0.2) is 0 Å². The number of amides is 2. The molecule has 0 radical (unpaired) electrons. The first kappa shape index (κ1) is 14.2. The van der Waals surface area contributed by atoms with Crippen molar-refractivity contribution in [2.24, 2.45) is 5.41 Å². The van der Waals surface area contributed by atoms with Crippen molar-refractivity contribution in [3.05, 3.63) is 18.2 Å². The molecule has 2 rings (SSSR count). The number of carbonyl (C=O) groups is 2. The van der Waals surface area contributed by atoms with Crippen LogP contribution in [0.5, 0.6) is 11.5 Å². The largest absolute Gasteiger partial charge is 0.454 e. The van der Waals surface area contributed by atoms with E-state index in [0.717, 1.165) is 0 Å². The maximum atomic E-state index is 11.7. The molecule has 0 aromatic heterocycles. The zero-order valence-electron chi connectivity index (χ0n) is 11.8. The second-order valence-corrected chi connectivity index (χ2v) is 5.55. The third-order valence-electron chi connectivity index (χ3n) is 2.75. The summed E-state index contributed by atoms with van der Waals surface area (Å²) < 4.78 is 10.4. The first-order valence-corrected chi connectivity index (χ1v) is 6.34. The van der Waals surface area contributed by atoms with E-state index in [1.165, 1.54) is 0 Å². The van der Waals surface area contributed by atoms with E-state index < -0.39 is 5.41 Å². The van der Waals surface area contributed by atoms with E-state index in [-0.39, 0.29) is 25.2 Å². The number of hydrogen-bond donors (Lipinski definition) is 2. The summed E-state index contributed by atoms with van der Waals surface area (Å²) in [4.78, 5) is 23.4. The Morgan fingerprint density at radius 1 is 1.20 bits per heavy atom. The van der Waals surface area contributed by atoms with Gasteiger partial charge in [-0.15, -0.1) is 0 Å². The molecule has 1 heterocycles. The van der Waals surface area contributed by atoms with Crippen LogP contribution in [0.15, 0.2) is 18.2 Å². The number of rotatable bonds is 3. The number of fused-ring (bicyclic) bond motifs is 1. The fourth-order valence-corrected chi connectivity index (χ4v) is 1.61. The van der Waals surface area contributed by atoms with Gasteiger partial charge in [-0.2, -0.15) is 0 Å². The molecule has 0 fully saturated rings. The van der Waals surface area contributed by atoms with Crippen LogP contribution in [0.2, 0.25) is 0 Å². The van der Waals surface area contributed by atoms with Crippen LogP contribution in [0.4, 0.5) is 5.69 Å². The number of anilines is 1. The highest BCUT2D eigenvalue weighted by Gasteiger charge is 2.21. The maximum absolute atomic E-state index is 11.7. The zero-order chi connectivity index (χ0) is 14.8. The predicted octanol–water partition coefficient (Wildman–Crippen LogP) is 1.52. The molecule has 0 saturated heterocycles. The molecule has 6 nitrogen and oxygen atoms in total. The molecule has 0 atom stereocenters. The summed E-state index contributed by atoms with van der Waals surface area (Å²) in [5, 5.41) is 5.28. The predicted molar refractivity (Wildman–Crippen MR) is 73.7 cm³/mol. The van der Waals surface area contributed by atoms with Crippen molar-refractivity contribution in [2.75, 3.05) is 18.7 Å². The fraction of sp³-hybridized carbons (Fsp3) is 0.429. The van der Waals surface area contributed by atoms with Crippen molar-refractivity contribution in [3.8, 4) is 11.5 Å². The van der Waals surface area contributed by atoms with Crippen LogP contribution in [-0.2, 0) is 9.59 Å². The van der Waals surface area contributed by atoms with E-state index in [0.29, 0.717) is 17.2 Å². The van der Waals surface area contributed by atoms with Gasteiger partial charge in [-0.3, -0.25) is 9.59 Å². The second kappa shape index (κ2) is 5.40. The van der Waals surface area contributed by atoms with Crippen LogP contribution >= 0.6 is 0 Å². The van der Waals surface area contributed by atoms with E-state index in [4.69, 9.17) is 9.47 Å². The van der Waals surface area contributed by atoms with Crippen molar-refractivity contribution in [2.45, 2.75) is 20.8 Å². The number of nitrogens with one attached hydrogen (secondary N) is 2. The van der Waals surface area contributed by atoms with Crippen molar-refractivity contribution < 1.29 is 19.1 Å². The third kappa shape index (κ3) is 3.40. The van der Waals surface area contributed by atoms with E-state index in [1.54, 1.807) is 39.0 Å². The third-order valence-corrected chi connectivity index (χ3v) is 2.75. The van der Waals surface area contributed by atoms with Gasteiger partial charge in [0.05, 0.1) is 6.54 Å². The molecule has 2 amide bonds. The topological polar surface area (TPSA) is 76.7 Å². The highest BCUT2D eigenvalue weighted by atomic mass is 16.7. The standard InChI is InChI=1S/C14H18N2O4/c1-14(2,3)13(18)15-7-12(17)16-9-4-5-10-11(6-9)20-8-19-10/h4-6H,7-8H2,1-3H3,(H,15,18)(H,16,17). The summed E-state index contributed by atoms with van der Waals surface area (Å²) in [7, 11) is 0. The Morgan fingerprint density at radius 2 is 1.90 bits per heavy atom. The summed E-state index contributed by atoms with van der Waals surface area (Å²) in [6.07, 6.45) is 0. The monoisotopic (exact) mass is 278 g/mol. The summed E-state index contributed by atoms with van der Waals surface area (Å²) in [6.45, 7) is 5.49. The molecule has 20 heavy (non-hydrogen) atoms. The molecule has 0 saturated carbocycles. The van der Waals surface area contributed by atoms with E-state index >= 15 is 0 Å². The Bertz CT molecular complexity index is 534. The van der Waals surface area contributed by atoms with Gasteiger partial charge in [0.15, 0.2) is 11.5 Å². The Hall–Kier alpha value is -2.24. The highest BCUT2D eigenvalue weighted by Crippen LogP contribution is 2.34. The molecule has 0 aliphatic carbocycles. The summed E-state index contributed by atoms with van der Waals surface area (Å²) in [6, 6.07) is 5.13. The van der Waals surface area contributed by atoms with E-state index in [2.05, 4.69) is 10.6 Å². The normalized spacial score (nSPS) is 12.9. The van der Waals surface area contributed by atoms with Gasteiger partial charge < -0.3 is 20.1 Å². The minimum atomic E-state index is -0.515. The molecule has 1 aliphatic rings. The van der Waals surface area contributed by atoms with Gasteiger partial charge in [-0.1, -0.05) is 20.8 Å². The molecule has 1 aliphatic heterocycles. The lowest BCUT2D eigenvalue weighted by Crippen LogP contribution is -2.39. The Balaban J connectivity index is 1.87. The van der Waals surface area contributed by atoms with E-state index in [9.17, 15) is 9.59 Å². The van der Waals surface area contributed by atoms with Gasteiger partial charge in [0, 0.05) is 17.2 Å². The van der Waals surface area contributed by atoms with Crippen molar-refractivity contribution in [1.82, 2.24) is 5.32 Å². The van der Waals surface area contributed by atoms with Crippen LogP contribution in [0.3, 0.4) is 0 Å². The first-order chi connectivity index (χ1) is 9.36. The van der Waals surface area contributed by atoms with Crippen molar-refractivity contribution in [1.29, 1.82) is 0 Å². The Labute approximate surface area is 117 Å². The molecule has 1 aromatic carbocycles. The smallest absolute Gasteiger partial charge is 0.243 e. The lowest BCUT2D eigenvalue weighted by Gasteiger charge is -2.17. The van der Waals surface area contributed by atoms with Crippen LogP contribution in [0.25, 0.3) is 0 Å². The minimum absolute atomic E-state index is 0.0649. The molecule has 0 unspecified atom stereocenters. The molecular weight excluding hydrogens is 260 g/mol. The summed E-state index contributed by atoms with van der Waals surface area (Å²) >= 11 is 0. The minimum Gasteiger partial charge on any atom is -0.454 e. The van der Waals surface area contributed by atoms with E-state index in [1.807, 2.05) is 0 Å². The van der Waals surface area contributed by atoms with Gasteiger partial charge in [0.1, 0.15) is 0 Å². The number of ether oxygens (including phenoxy) is 2. The lowest BCUT2D eigenvalue weighted by molar-refractivity contribution is -0.130. The quantitative estimate of drug-likeness (QED) is 0.878. The average molecular weight is 278 g/mol. The number of carbonyl (C=O) groups excluding carboxylic acids is 2. The Morgan fingerprint density at radius 3 is 2.60 bits per heavy atom. The summed E-state index contributed by atoms with van der Waals surface area (Å²) in [5.74, 6) is 0.797. The molecule has 0 spiro atoms. The van der Waals surface area contributed by atoms with Gasteiger partial charge in [0.25, 0.3) is 0 Å². The molecule has 6 heteroatoms. The number of hydrogen-bond acceptors (Lipinski definition) is 4. The Kier molecular flexibility index (Phi) is 3.83. The van der Waals surface area contributed by atoms with Gasteiger partial charge in [0.2, 0.25) is 18.6 Å². The number of benzene rings is 1. The van der Waals surface area contributed by atoms with Crippen LogP contribution in [0.1, 0.15) is 20.8 Å². The van der Waals surface area contributed by atoms with Gasteiger partial charge >= 0.3 is 0 Å². The fourth-order valence-electron chi connectivity index (χ4n) is 1.61. The SMILES string of the molecule is CC(C)(C)C(=O)NCC(=O)Nc1ccc2c(c1)OCO2. The highest BCUT2D eigenvalue weighted by molar-refractivity contribution is 5.95. The van der Waals surface area contributed by atoms with Gasteiger partial charge in [-0.05, 0) is 12.1 Å². The first-order valence-electron chi connectivity index (χ1n) is 6.34.